The quantitative estimate of drug-likeness (QED) is 0.642. The van der Waals surface area contributed by atoms with Gasteiger partial charge in [-0.05, 0) is 35.4 Å². The van der Waals surface area contributed by atoms with E-state index < -0.39 is 35.8 Å². The average molecular weight is 436 g/mol. The maximum absolute atomic E-state index is 12.6. The Kier molecular flexibility index (Phi) is 6.92. The molecule has 0 aliphatic heterocycles. The lowest BCUT2D eigenvalue weighted by molar-refractivity contribution is -0.143. The number of nitrogens with one attached hydrogen (secondary N) is 1. The molecule has 0 aliphatic carbocycles. The van der Waals surface area contributed by atoms with Gasteiger partial charge in [0, 0.05) is 16.5 Å². The van der Waals surface area contributed by atoms with Crippen molar-refractivity contribution in [1.82, 2.24) is 5.32 Å². The van der Waals surface area contributed by atoms with Gasteiger partial charge in [0.15, 0.2) is 6.10 Å². The molecule has 3 N–H and O–H groups in total. The summed E-state index contributed by atoms with van der Waals surface area (Å²) in [5.74, 6) is -2.45. The van der Waals surface area contributed by atoms with Crippen molar-refractivity contribution in [3.63, 3.8) is 0 Å². The van der Waals surface area contributed by atoms with Gasteiger partial charge in [0.1, 0.15) is 6.04 Å². The van der Waals surface area contributed by atoms with Crippen molar-refractivity contribution in [2.75, 3.05) is 0 Å². The fourth-order valence-electron chi connectivity index (χ4n) is 2.36. The van der Waals surface area contributed by atoms with Crippen LogP contribution in [0.5, 0.6) is 0 Å². The van der Waals surface area contributed by atoms with Crippen LogP contribution in [0.3, 0.4) is 0 Å². The summed E-state index contributed by atoms with van der Waals surface area (Å²) in [5, 5.41) is 22.1. The molecule has 0 aliphatic rings. The first kappa shape index (κ1) is 22.0. The molecule has 2 rings (SSSR count). The van der Waals surface area contributed by atoms with Crippen molar-refractivity contribution in [1.29, 1.82) is 0 Å². The van der Waals surface area contributed by atoms with Gasteiger partial charge in [-0.25, -0.2) is 4.79 Å². The molecule has 0 aromatic heterocycles. The van der Waals surface area contributed by atoms with E-state index in [1.54, 1.807) is 0 Å². The number of halogens is 5. The Hall–Kier alpha value is -2.29. The molecule has 0 spiro atoms. The number of hydrogen-bond donors (Lipinski definition) is 3. The summed E-state index contributed by atoms with van der Waals surface area (Å²) in [6.45, 7) is 0. The summed E-state index contributed by atoms with van der Waals surface area (Å²) in [6, 6.07) is 6.31. The van der Waals surface area contributed by atoms with Crippen LogP contribution in [0.15, 0.2) is 42.5 Å². The average Bonchev–Trinajstić information content (AvgIpc) is 2.61. The van der Waals surface area contributed by atoms with E-state index in [1.165, 1.54) is 18.2 Å². The second-order valence-electron chi connectivity index (χ2n) is 5.86. The summed E-state index contributed by atoms with van der Waals surface area (Å²) in [7, 11) is 0. The predicted molar refractivity (Wildman–Crippen MR) is 96.1 cm³/mol. The highest BCUT2D eigenvalue weighted by atomic mass is 35.5. The Morgan fingerprint density at radius 1 is 1.07 bits per heavy atom. The zero-order valence-corrected chi connectivity index (χ0v) is 15.5. The molecule has 0 saturated carbocycles. The zero-order chi connectivity index (χ0) is 21.1. The molecule has 150 valence electrons. The predicted octanol–water partition coefficient (Wildman–Crippen LogP) is 3.86. The smallest absolute Gasteiger partial charge is 0.416 e. The third kappa shape index (κ3) is 5.60. The summed E-state index contributed by atoms with van der Waals surface area (Å²) >= 11 is 11.8. The molecule has 5 nitrogen and oxygen atoms in total. The van der Waals surface area contributed by atoms with Gasteiger partial charge in [0.2, 0.25) is 0 Å². The van der Waals surface area contributed by atoms with Crippen molar-refractivity contribution < 1.29 is 33.0 Å². The number of carboxylic acid groups (broad SMARTS) is 1. The lowest BCUT2D eigenvalue weighted by atomic mass is 10.0. The number of benzene rings is 2. The van der Waals surface area contributed by atoms with E-state index >= 15 is 0 Å². The van der Waals surface area contributed by atoms with Crippen LogP contribution >= 0.6 is 23.2 Å². The van der Waals surface area contributed by atoms with Crippen molar-refractivity contribution in [2.24, 2.45) is 0 Å². The first-order chi connectivity index (χ1) is 13.0. The number of carbonyl (C=O) groups excluding carboxylic acids is 1. The number of rotatable bonds is 6. The fraction of sp³-hybridized carbons (Fsp3) is 0.222. The Balaban J connectivity index is 2.11. The van der Waals surface area contributed by atoms with Gasteiger partial charge in [-0.2, -0.15) is 13.2 Å². The van der Waals surface area contributed by atoms with E-state index in [-0.39, 0.29) is 17.0 Å². The Morgan fingerprint density at radius 2 is 1.68 bits per heavy atom. The van der Waals surface area contributed by atoms with Crippen molar-refractivity contribution in [3.8, 4) is 0 Å². The van der Waals surface area contributed by atoms with E-state index in [9.17, 15) is 33.0 Å². The van der Waals surface area contributed by atoms with E-state index in [2.05, 4.69) is 5.32 Å². The lowest BCUT2D eigenvalue weighted by Gasteiger charge is -2.18. The standard InChI is InChI=1S/C18H14Cl2F3NO4/c19-12-6-3-10(13(20)8-12)7-14(17(27)28)24-16(26)15(25)9-1-4-11(5-2-9)18(21,22)23/h1-6,8,14-15,25H,7H2,(H,24,26)(H,27,28)/t14-,15-/m1/s1. The largest absolute Gasteiger partial charge is 0.480 e. The molecule has 2 aromatic carbocycles. The van der Waals surface area contributed by atoms with Crippen LogP contribution in [0.1, 0.15) is 22.8 Å². The highest BCUT2D eigenvalue weighted by Gasteiger charge is 2.31. The molecule has 0 bridgehead atoms. The van der Waals surface area contributed by atoms with Crippen LogP contribution in [0.2, 0.25) is 10.0 Å². The van der Waals surface area contributed by atoms with Gasteiger partial charge >= 0.3 is 12.1 Å². The molecule has 10 heteroatoms. The van der Waals surface area contributed by atoms with Crippen LogP contribution in [-0.4, -0.2) is 28.1 Å². The van der Waals surface area contributed by atoms with Gasteiger partial charge in [0.05, 0.1) is 5.56 Å². The number of carbonyl (C=O) groups is 2. The molecule has 0 radical (unpaired) electrons. The zero-order valence-electron chi connectivity index (χ0n) is 14.0. The van der Waals surface area contributed by atoms with E-state index in [0.717, 1.165) is 12.1 Å². The normalized spacial score (nSPS) is 13.6. The number of hydrogen-bond acceptors (Lipinski definition) is 3. The maximum atomic E-state index is 12.6. The third-order valence-corrected chi connectivity index (χ3v) is 4.44. The number of carboxylic acids is 1. The van der Waals surface area contributed by atoms with Gasteiger partial charge in [-0.3, -0.25) is 4.79 Å². The van der Waals surface area contributed by atoms with Crippen molar-refractivity contribution in [2.45, 2.75) is 24.7 Å². The van der Waals surface area contributed by atoms with Crippen molar-refractivity contribution >= 4 is 35.1 Å². The third-order valence-electron chi connectivity index (χ3n) is 3.86. The van der Waals surface area contributed by atoms with E-state index in [0.29, 0.717) is 22.7 Å². The first-order valence-electron chi connectivity index (χ1n) is 7.81. The summed E-state index contributed by atoms with van der Waals surface area (Å²) < 4.78 is 37.7. The van der Waals surface area contributed by atoms with E-state index in [1.807, 2.05) is 0 Å². The highest BCUT2D eigenvalue weighted by Crippen LogP contribution is 2.30. The molecule has 0 unspecified atom stereocenters. The Bertz CT molecular complexity index is 872. The Labute approximate surface area is 167 Å². The number of alkyl halides is 3. The van der Waals surface area contributed by atoms with Gasteiger partial charge < -0.3 is 15.5 Å². The van der Waals surface area contributed by atoms with E-state index in [4.69, 9.17) is 23.2 Å². The minimum absolute atomic E-state index is 0.112. The van der Waals surface area contributed by atoms with Crippen LogP contribution in [0.4, 0.5) is 13.2 Å². The Morgan fingerprint density at radius 3 is 2.18 bits per heavy atom. The summed E-state index contributed by atoms with van der Waals surface area (Å²) in [4.78, 5) is 23.6. The second kappa shape index (κ2) is 8.81. The number of amides is 1. The monoisotopic (exact) mass is 435 g/mol. The molecular weight excluding hydrogens is 422 g/mol. The minimum atomic E-state index is -4.56. The molecule has 28 heavy (non-hydrogen) atoms. The maximum Gasteiger partial charge on any atom is 0.416 e. The van der Waals surface area contributed by atoms with Gasteiger partial charge in [-0.1, -0.05) is 41.4 Å². The van der Waals surface area contributed by atoms with Crippen LogP contribution in [0, 0.1) is 0 Å². The number of aliphatic hydroxyl groups is 1. The van der Waals surface area contributed by atoms with Gasteiger partial charge in [0.25, 0.3) is 5.91 Å². The molecule has 0 heterocycles. The van der Waals surface area contributed by atoms with Crippen LogP contribution < -0.4 is 5.32 Å². The molecule has 1 amide bonds. The summed E-state index contributed by atoms with van der Waals surface area (Å²) in [5.41, 5.74) is -0.647. The first-order valence-corrected chi connectivity index (χ1v) is 8.57. The second-order valence-corrected chi connectivity index (χ2v) is 6.71. The molecule has 0 saturated heterocycles. The van der Waals surface area contributed by atoms with Gasteiger partial charge in [-0.15, -0.1) is 0 Å². The molecule has 2 aromatic rings. The van der Waals surface area contributed by atoms with Crippen LogP contribution in [-0.2, 0) is 22.2 Å². The minimum Gasteiger partial charge on any atom is -0.480 e. The number of aliphatic carboxylic acids is 1. The number of aliphatic hydroxyl groups excluding tert-OH is 1. The lowest BCUT2D eigenvalue weighted by Crippen LogP contribution is -2.44. The molecule has 2 atom stereocenters. The van der Waals surface area contributed by atoms with Crippen molar-refractivity contribution in [3.05, 3.63) is 69.2 Å². The summed E-state index contributed by atoms with van der Waals surface area (Å²) in [6.07, 6.45) is -6.58. The van der Waals surface area contributed by atoms with Crippen LogP contribution in [0.25, 0.3) is 0 Å². The topological polar surface area (TPSA) is 86.6 Å². The molecule has 0 fully saturated rings. The SMILES string of the molecule is O=C(O)[C@@H](Cc1ccc(Cl)cc1Cl)NC(=O)[C@H](O)c1ccc(C(F)(F)F)cc1. The highest BCUT2D eigenvalue weighted by molar-refractivity contribution is 6.35. The molecular formula is C18H14Cl2F3NO4. The fourth-order valence-corrected chi connectivity index (χ4v) is 2.85.